The van der Waals surface area contributed by atoms with Gasteiger partial charge in [-0.3, -0.25) is 14.4 Å². The van der Waals surface area contributed by atoms with Gasteiger partial charge in [0.25, 0.3) is 0 Å². The van der Waals surface area contributed by atoms with Crippen LogP contribution in [-0.2, 0) is 28.6 Å². The van der Waals surface area contributed by atoms with Crippen molar-refractivity contribution < 1.29 is 28.6 Å². The molecule has 0 bridgehead atoms. The van der Waals surface area contributed by atoms with Crippen LogP contribution in [-0.4, -0.2) is 62.8 Å². The Morgan fingerprint density at radius 2 is 0.900 bits per heavy atom. The third-order valence-electron chi connectivity index (χ3n) is 10.0. The molecule has 0 aromatic rings. The van der Waals surface area contributed by atoms with Crippen molar-refractivity contribution >= 4 is 17.9 Å². The third kappa shape index (κ3) is 28.0. The summed E-state index contributed by atoms with van der Waals surface area (Å²) in [6.45, 7) is 14.4. The molecule has 0 aliphatic heterocycles. The Kier molecular flexibility index (Phi) is 29.9. The quantitative estimate of drug-likeness (QED) is 0.0368. The Labute approximate surface area is 310 Å². The number of nitrogens with zero attached hydrogens (tertiary/aromatic N) is 1. The van der Waals surface area contributed by atoms with Crippen molar-refractivity contribution in [2.75, 3.05) is 33.9 Å². The first-order valence-corrected chi connectivity index (χ1v) is 21.0. The normalized spacial score (nSPS) is 12.1. The molecule has 0 aromatic carbocycles. The van der Waals surface area contributed by atoms with Gasteiger partial charge < -0.3 is 19.1 Å². The van der Waals surface area contributed by atoms with Gasteiger partial charge in [-0.05, 0) is 106 Å². The summed E-state index contributed by atoms with van der Waals surface area (Å²) in [5.41, 5.74) is -0.852. The van der Waals surface area contributed by atoms with Crippen LogP contribution in [0.3, 0.4) is 0 Å². The van der Waals surface area contributed by atoms with Gasteiger partial charge in [-0.25, -0.2) is 0 Å². The first-order valence-electron chi connectivity index (χ1n) is 21.0. The maximum Gasteiger partial charge on any atom is 0.311 e. The van der Waals surface area contributed by atoms with E-state index in [0.717, 1.165) is 129 Å². The highest BCUT2D eigenvalue weighted by Crippen LogP contribution is 2.28. The molecular formula is C43H83NO6. The van der Waals surface area contributed by atoms with Crippen molar-refractivity contribution in [1.29, 1.82) is 0 Å². The molecule has 0 unspecified atom stereocenters. The number of ether oxygens (including phenoxy) is 3. The van der Waals surface area contributed by atoms with E-state index in [-0.39, 0.29) is 24.0 Å². The van der Waals surface area contributed by atoms with Crippen molar-refractivity contribution in [3.63, 3.8) is 0 Å². The van der Waals surface area contributed by atoms with Crippen LogP contribution in [0.2, 0.25) is 0 Å². The SMILES string of the molecule is CCCCCCCOC(=O)C(C)(C)CCCCCCCC(CCCCCCCC(C)(C)C(=O)OCCCCCCC)OC(=O)CCCN(C)C. The van der Waals surface area contributed by atoms with Crippen molar-refractivity contribution in [3.8, 4) is 0 Å². The van der Waals surface area contributed by atoms with Gasteiger partial charge in [0, 0.05) is 6.42 Å². The molecule has 0 aromatic heterocycles. The molecule has 0 fully saturated rings. The lowest BCUT2D eigenvalue weighted by Gasteiger charge is -2.22. The average Bonchev–Trinajstić information content (AvgIpc) is 3.06. The molecule has 0 heterocycles. The molecule has 0 amide bonds. The predicted molar refractivity (Wildman–Crippen MR) is 209 cm³/mol. The highest BCUT2D eigenvalue weighted by Gasteiger charge is 2.29. The molecular weight excluding hydrogens is 626 g/mol. The Morgan fingerprint density at radius 3 is 1.32 bits per heavy atom. The molecule has 0 N–H and O–H groups in total. The third-order valence-corrected chi connectivity index (χ3v) is 10.0. The highest BCUT2D eigenvalue weighted by atomic mass is 16.5. The summed E-state index contributed by atoms with van der Waals surface area (Å²) >= 11 is 0. The monoisotopic (exact) mass is 710 g/mol. The molecule has 0 aliphatic carbocycles. The summed E-state index contributed by atoms with van der Waals surface area (Å²) in [6.07, 6.45) is 27.3. The van der Waals surface area contributed by atoms with Gasteiger partial charge in [0.15, 0.2) is 0 Å². The van der Waals surface area contributed by atoms with Crippen molar-refractivity contribution in [2.45, 2.75) is 215 Å². The van der Waals surface area contributed by atoms with E-state index in [1.165, 1.54) is 38.5 Å². The lowest BCUT2D eigenvalue weighted by Crippen LogP contribution is -2.27. The van der Waals surface area contributed by atoms with Crippen LogP contribution in [0.4, 0.5) is 0 Å². The van der Waals surface area contributed by atoms with Gasteiger partial charge >= 0.3 is 17.9 Å². The molecule has 0 atom stereocenters. The zero-order valence-corrected chi connectivity index (χ0v) is 34.5. The molecule has 0 saturated heterocycles. The average molecular weight is 710 g/mol. The number of unbranched alkanes of at least 4 members (excludes halogenated alkanes) is 16. The first kappa shape index (κ1) is 48.4. The maximum atomic E-state index is 12.6. The van der Waals surface area contributed by atoms with Crippen molar-refractivity contribution in [3.05, 3.63) is 0 Å². The molecule has 7 heteroatoms. The van der Waals surface area contributed by atoms with E-state index in [9.17, 15) is 14.4 Å². The number of carbonyl (C=O) groups is 3. The summed E-state index contributed by atoms with van der Waals surface area (Å²) in [7, 11) is 4.06. The lowest BCUT2D eigenvalue weighted by molar-refractivity contribution is -0.155. The van der Waals surface area contributed by atoms with Gasteiger partial charge in [-0.1, -0.05) is 117 Å². The van der Waals surface area contributed by atoms with Gasteiger partial charge in [-0.15, -0.1) is 0 Å². The minimum Gasteiger partial charge on any atom is -0.465 e. The Hall–Kier alpha value is -1.63. The highest BCUT2D eigenvalue weighted by molar-refractivity contribution is 5.76. The fourth-order valence-corrected chi connectivity index (χ4v) is 6.32. The summed E-state index contributed by atoms with van der Waals surface area (Å²) in [4.78, 5) is 39.9. The predicted octanol–water partition coefficient (Wildman–Crippen LogP) is 11.8. The van der Waals surface area contributed by atoms with E-state index in [1.807, 2.05) is 41.8 Å². The second-order valence-corrected chi connectivity index (χ2v) is 16.5. The Bertz CT molecular complexity index is 785. The smallest absolute Gasteiger partial charge is 0.311 e. The largest absolute Gasteiger partial charge is 0.465 e. The molecule has 0 aliphatic rings. The fourth-order valence-electron chi connectivity index (χ4n) is 6.32. The molecule has 50 heavy (non-hydrogen) atoms. The molecule has 0 saturated carbocycles. The van der Waals surface area contributed by atoms with E-state index in [1.54, 1.807) is 0 Å². The zero-order chi connectivity index (χ0) is 37.5. The van der Waals surface area contributed by atoms with Crippen LogP contribution >= 0.6 is 0 Å². The summed E-state index contributed by atoms with van der Waals surface area (Å²) in [5, 5.41) is 0. The number of hydrogen-bond donors (Lipinski definition) is 0. The Balaban J connectivity index is 4.39. The molecule has 296 valence electrons. The standard InChI is InChI=1S/C43H83NO6/c1-9-11-13-21-27-36-48-40(46)42(3,4)33-25-19-15-17-23-30-38(50-39(45)32-29-35-44(7)8)31-24-18-16-20-26-34-43(5,6)41(47)49-37-28-22-14-12-10-2/h38H,9-37H2,1-8H3. The number of hydrogen-bond acceptors (Lipinski definition) is 7. The van der Waals surface area contributed by atoms with Crippen molar-refractivity contribution in [1.82, 2.24) is 4.90 Å². The maximum absolute atomic E-state index is 12.6. The number of rotatable bonds is 35. The van der Waals surface area contributed by atoms with Crippen LogP contribution in [0, 0.1) is 10.8 Å². The minimum atomic E-state index is -0.426. The van der Waals surface area contributed by atoms with Gasteiger partial charge in [-0.2, -0.15) is 0 Å². The fraction of sp³-hybridized carbons (Fsp3) is 0.930. The van der Waals surface area contributed by atoms with E-state index in [0.29, 0.717) is 19.6 Å². The summed E-state index contributed by atoms with van der Waals surface area (Å²) in [6, 6.07) is 0. The van der Waals surface area contributed by atoms with Crippen LogP contribution in [0.25, 0.3) is 0 Å². The zero-order valence-electron chi connectivity index (χ0n) is 34.5. The molecule has 7 nitrogen and oxygen atoms in total. The molecule has 0 spiro atoms. The number of esters is 3. The van der Waals surface area contributed by atoms with Crippen molar-refractivity contribution in [2.24, 2.45) is 10.8 Å². The van der Waals surface area contributed by atoms with E-state index in [4.69, 9.17) is 14.2 Å². The number of carbonyl (C=O) groups excluding carboxylic acids is 3. The van der Waals surface area contributed by atoms with E-state index in [2.05, 4.69) is 18.7 Å². The van der Waals surface area contributed by atoms with Gasteiger partial charge in [0.2, 0.25) is 0 Å². The molecule has 0 radical (unpaired) electrons. The van der Waals surface area contributed by atoms with Crippen LogP contribution in [0.15, 0.2) is 0 Å². The summed E-state index contributed by atoms with van der Waals surface area (Å²) < 4.78 is 17.2. The lowest BCUT2D eigenvalue weighted by atomic mass is 9.86. The topological polar surface area (TPSA) is 82.1 Å². The van der Waals surface area contributed by atoms with E-state index < -0.39 is 10.8 Å². The Morgan fingerprint density at radius 1 is 0.520 bits per heavy atom. The van der Waals surface area contributed by atoms with E-state index >= 15 is 0 Å². The van der Waals surface area contributed by atoms with Gasteiger partial charge in [0.05, 0.1) is 24.0 Å². The second-order valence-electron chi connectivity index (χ2n) is 16.5. The van der Waals surface area contributed by atoms with Crippen LogP contribution < -0.4 is 0 Å². The molecule has 0 rings (SSSR count). The first-order chi connectivity index (χ1) is 23.9. The minimum absolute atomic E-state index is 0.00629. The summed E-state index contributed by atoms with van der Waals surface area (Å²) in [5.74, 6) is -0.187. The van der Waals surface area contributed by atoms with Crippen LogP contribution in [0.1, 0.15) is 208 Å². The van der Waals surface area contributed by atoms with Gasteiger partial charge in [0.1, 0.15) is 6.10 Å². The second kappa shape index (κ2) is 30.9. The van der Waals surface area contributed by atoms with Crippen LogP contribution in [0.5, 0.6) is 0 Å².